The molecule has 0 aliphatic carbocycles. The maximum absolute atomic E-state index is 15.0. The first-order chi connectivity index (χ1) is 16.7. The Labute approximate surface area is 212 Å². The number of aryl methyl sites for hydroxylation is 1. The summed E-state index contributed by atoms with van der Waals surface area (Å²) >= 11 is 3.47. The zero-order valence-corrected chi connectivity index (χ0v) is 21.4. The first-order valence-corrected chi connectivity index (χ1v) is 12.1. The number of anilines is 1. The third-order valence-corrected chi connectivity index (χ3v) is 6.72. The number of fused-ring (bicyclic) bond motifs is 1. The van der Waals surface area contributed by atoms with Gasteiger partial charge in [0.2, 0.25) is 5.88 Å². The lowest BCUT2D eigenvalue weighted by atomic mass is 9.82. The van der Waals surface area contributed by atoms with Crippen LogP contribution in [-0.2, 0) is 18.4 Å². The molecule has 4 nitrogen and oxygen atoms in total. The molecule has 1 N–H and O–H groups in total. The topological polar surface area (TPSA) is 45.6 Å². The van der Waals surface area contributed by atoms with Gasteiger partial charge in [-0.3, -0.25) is 0 Å². The predicted molar refractivity (Wildman–Crippen MR) is 139 cm³/mol. The number of benzene rings is 3. The lowest BCUT2D eigenvalue weighted by Crippen LogP contribution is -2.31. The molecular formula is C28H27BrF2N2O2. The monoisotopic (exact) mass is 540 g/mol. The molecule has 0 saturated carbocycles. The van der Waals surface area contributed by atoms with Crippen molar-refractivity contribution >= 4 is 32.5 Å². The first kappa shape index (κ1) is 25.1. The van der Waals surface area contributed by atoms with E-state index in [0.29, 0.717) is 17.9 Å². The van der Waals surface area contributed by atoms with Crippen LogP contribution in [0.1, 0.15) is 23.1 Å². The minimum Gasteiger partial charge on any atom is -0.481 e. The van der Waals surface area contributed by atoms with Crippen LogP contribution in [0.15, 0.2) is 71.2 Å². The van der Waals surface area contributed by atoms with E-state index < -0.39 is 17.2 Å². The summed E-state index contributed by atoms with van der Waals surface area (Å²) in [6.45, 7) is 0. The fraction of sp³-hybridized carbons (Fsp3) is 0.250. The van der Waals surface area contributed by atoms with Crippen molar-refractivity contribution in [1.29, 1.82) is 0 Å². The van der Waals surface area contributed by atoms with Gasteiger partial charge in [0.15, 0.2) is 11.6 Å². The first-order valence-electron chi connectivity index (χ1n) is 11.3. The van der Waals surface area contributed by atoms with E-state index in [1.54, 1.807) is 0 Å². The number of hydrogen-bond donors (Lipinski definition) is 1. The summed E-state index contributed by atoms with van der Waals surface area (Å²) in [6.07, 6.45) is 0.615. The molecule has 182 valence electrons. The van der Waals surface area contributed by atoms with E-state index in [-0.39, 0.29) is 18.4 Å². The van der Waals surface area contributed by atoms with Crippen molar-refractivity contribution in [3.63, 3.8) is 0 Å². The summed E-state index contributed by atoms with van der Waals surface area (Å²) in [6, 6.07) is 19.3. The smallest absolute Gasteiger partial charge is 0.216 e. The largest absolute Gasteiger partial charge is 0.481 e. The zero-order chi connectivity index (χ0) is 25.2. The highest BCUT2D eigenvalue weighted by molar-refractivity contribution is 9.10. The van der Waals surface area contributed by atoms with Gasteiger partial charge < -0.3 is 14.7 Å². The highest BCUT2D eigenvalue weighted by Crippen LogP contribution is 2.37. The van der Waals surface area contributed by atoms with Crippen LogP contribution in [0.3, 0.4) is 0 Å². The molecule has 7 heteroatoms. The number of rotatable bonds is 8. The van der Waals surface area contributed by atoms with Crippen LogP contribution >= 0.6 is 15.9 Å². The Morgan fingerprint density at radius 1 is 1.00 bits per heavy atom. The van der Waals surface area contributed by atoms with Gasteiger partial charge >= 0.3 is 0 Å². The van der Waals surface area contributed by atoms with Crippen LogP contribution in [0.4, 0.5) is 14.5 Å². The van der Waals surface area contributed by atoms with Gasteiger partial charge in [0.1, 0.15) is 0 Å². The van der Waals surface area contributed by atoms with Crippen molar-refractivity contribution in [2.45, 2.75) is 24.9 Å². The molecular weight excluding hydrogens is 514 g/mol. The summed E-state index contributed by atoms with van der Waals surface area (Å²) in [5.41, 5.74) is 1.54. The molecule has 0 fully saturated rings. The SMILES string of the molecule is COc1nc2ccc(Br)cc2cc1CC(O)(CCc1ccccc1N(C)C)c1cccc(F)c1F. The Balaban J connectivity index is 1.79. The second-order valence-corrected chi connectivity index (χ2v) is 9.74. The molecule has 0 bridgehead atoms. The second-order valence-electron chi connectivity index (χ2n) is 8.83. The Bertz CT molecular complexity index is 1360. The highest BCUT2D eigenvalue weighted by Gasteiger charge is 2.35. The Hall–Kier alpha value is -3.03. The number of pyridine rings is 1. The molecule has 0 radical (unpaired) electrons. The van der Waals surface area contributed by atoms with Crippen LogP contribution in [0, 0.1) is 11.6 Å². The minimum absolute atomic E-state index is 0.00384. The van der Waals surface area contributed by atoms with Crippen molar-refractivity contribution in [3.05, 3.63) is 99.5 Å². The molecule has 1 heterocycles. The van der Waals surface area contributed by atoms with Crippen LogP contribution < -0.4 is 9.64 Å². The van der Waals surface area contributed by atoms with Crippen molar-refractivity contribution in [1.82, 2.24) is 4.98 Å². The number of aliphatic hydroxyl groups is 1. The molecule has 0 aliphatic heterocycles. The summed E-state index contributed by atoms with van der Waals surface area (Å²) < 4.78 is 35.7. The van der Waals surface area contributed by atoms with Gasteiger partial charge in [-0.25, -0.2) is 13.8 Å². The van der Waals surface area contributed by atoms with E-state index in [4.69, 9.17) is 4.74 Å². The number of halogens is 3. The third-order valence-electron chi connectivity index (χ3n) is 6.23. The summed E-state index contributed by atoms with van der Waals surface area (Å²) in [4.78, 5) is 6.57. The summed E-state index contributed by atoms with van der Waals surface area (Å²) in [7, 11) is 5.40. The van der Waals surface area contributed by atoms with Gasteiger partial charge in [-0.1, -0.05) is 46.3 Å². The molecule has 1 aromatic heterocycles. The van der Waals surface area contributed by atoms with Gasteiger partial charge in [-0.2, -0.15) is 0 Å². The second kappa shape index (κ2) is 10.3. The maximum Gasteiger partial charge on any atom is 0.216 e. The van der Waals surface area contributed by atoms with Crippen molar-refractivity contribution < 1.29 is 18.6 Å². The molecule has 4 aromatic rings. The van der Waals surface area contributed by atoms with Gasteiger partial charge in [0.05, 0.1) is 18.2 Å². The van der Waals surface area contributed by atoms with E-state index in [1.165, 1.54) is 19.2 Å². The Kier molecular flexibility index (Phi) is 7.38. The number of hydrogen-bond acceptors (Lipinski definition) is 4. The molecule has 4 rings (SSSR count). The lowest BCUT2D eigenvalue weighted by molar-refractivity contribution is 0.0232. The number of ether oxygens (including phenoxy) is 1. The van der Waals surface area contributed by atoms with Gasteiger partial charge in [0, 0.05) is 47.2 Å². The fourth-order valence-corrected chi connectivity index (χ4v) is 4.85. The van der Waals surface area contributed by atoms with Crippen LogP contribution in [0.5, 0.6) is 5.88 Å². The van der Waals surface area contributed by atoms with Crippen molar-refractivity contribution in [3.8, 4) is 5.88 Å². The Morgan fingerprint density at radius 3 is 2.51 bits per heavy atom. The summed E-state index contributed by atoms with van der Waals surface area (Å²) in [5, 5.41) is 12.8. The van der Waals surface area contributed by atoms with Crippen LogP contribution in [0.25, 0.3) is 10.9 Å². The molecule has 0 aliphatic rings. The third kappa shape index (κ3) is 5.31. The summed E-state index contributed by atoms with van der Waals surface area (Å²) in [5.74, 6) is -1.71. The van der Waals surface area contributed by atoms with Gasteiger partial charge in [-0.15, -0.1) is 0 Å². The average Bonchev–Trinajstić information content (AvgIpc) is 2.84. The van der Waals surface area contributed by atoms with E-state index in [0.717, 1.165) is 32.7 Å². The van der Waals surface area contributed by atoms with Gasteiger partial charge in [0.25, 0.3) is 0 Å². The Morgan fingerprint density at radius 2 is 1.77 bits per heavy atom. The number of methoxy groups -OCH3 is 1. The minimum atomic E-state index is -1.71. The molecule has 1 atom stereocenters. The molecule has 3 aromatic carbocycles. The zero-order valence-electron chi connectivity index (χ0n) is 19.9. The average molecular weight is 541 g/mol. The number of nitrogens with zero attached hydrogens (tertiary/aromatic N) is 2. The standard InChI is InChI=1S/C28H27BrF2N2O2/c1-33(2)25-10-5-4-7-18(25)13-14-28(34,22-8-6-9-23(30)26(22)31)17-20-15-19-16-21(29)11-12-24(19)32-27(20)35-3/h4-12,15-16,34H,13-14,17H2,1-3H3. The van der Waals surface area contributed by atoms with Crippen molar-refractivity contribution in [2.75, 3.05) is 26.1 Å². The van der Waals surface area contributed by atoms with Crippen LogP contribution in [-0.4, -0.2) is 31.3 Å². The quantitative estimate of drug-likeness (QED) is 0.280. The van der Waals surface area contributed by atoms with Crippen LogP contribution in [0.2, 0.25) is 0 Å². The maximum atomic E-state index is 15.0. The van der Waals surface area contributed by atoms with Gasteiger partial charge in [-0.05, 0) is 54.8 Å². The number of para-hydroxylation sites is 1. The van der Waals surface area contributed by atoms with E-state index >= 15 is 4.39 Å². The normalized spacial score (nSPS) is 13.0. The number of aromatic nitrogens is 1. The fourth-order valence-electron chi connectivity index (χ4n) is 4.47. The molecule has 0 amide bonds. The molecule has 0 spiro atoms. The molecule has 0 saturated heterocycles. The van der Waals surface area contributed by atoms with Crippen molar-refractivity contribution in [2.24, 2.45) is 0 Å². The highest BCUT2D eigenvalue weighted by atomic mass is 79.9. The molecule has 35 heavy (non-hydrogen) atoms. The van der Waals surface area contributed by atoms with E-state index in [2.05, 4.69) is 20.9 Å². The predicted octanol–water partition coefficient (Wildman–Crippen LogP) is 6.41. The van der Waals surface area contributed by atoms with E-state index in [1.807, 2.05) is 67.5 Å². The van der Waals surface area contributed by atoms with E-state index in [9.17, 15) is 9.50 Å². The molecule has 1 unspecified atom stereocenters. The lowest BCUT2D eigenvalue weighted by Gasteiger charge is -2.31.